The van der Waals surface area contributed by atoms with Gasteiger partial charge in [-0.05, 0) is 36.1 Å². The van der Waals surface area contributed by atoms with Crippen molar-refractivity contribution in [2.24, 2.45) is 0 Å². The van der Waals surface area contributed by atoms with Crippen LogP contribution < -0.4 is 10.6 Å². The van der Waals surface area contributed by atoms with E-state index in [1.807, 2.05) is 24.3 Å². The average molecular weight is 436 g/mol. The monoisotopic (exact) mass is 436 g/mol. The molecule has 0 aliphatic carbocycles. The summed E-state index contributed by atoms with van der Waals surface area (Å²) in [6, 6.07) is 7.39. The average Bonchev–Trinajstić information content (AvgIpc) is 2.78. The molecule has 0 spiro atoms. The van der Waals surface area contributed by atoms with Crippen molar-refractivity contribution >= 4 is 23.8 Å². The molecule has 2 rings (SSSR count). The third-order valence-electron chi connectivity index (χ3n) is 3.29. The van der Waals surface area contributed by atoms with E-state index in [2.05, 4.69) is 44.3 Å². The summed E-state index contributed by atoms with van der Waals surface area (Å²) >= 11 is 0. The number of carbonyl (C=O) groups is 4. The summed E-state index contributed by atoms with van der Waals surface area (Å²) in [7, 11) is 0. The number of nitrogens with zero attached hydrogens (tertiary/aromatic N) is 2. The van der Waals surface area contributed by atoms with Crippen molar-refractivity contribution in [1.82, 2.24) is 20.6 Å². The SMILES string of the molecule is C(C#Cc1ccncc1)#Cc1ccncc1.O=C(O)CCNC(=O)C(=O)NCCC(=O)O. The Labute approximate surface area is 184 Å². The molecule has 0 bridgehead atoms. The van der Waals surface area contributed by atoms with E-state index in [0.717, 1.165) is 11.1 Å². The Morgan fingerprint density at radius 3 is 1.34 bits per heavy atom. The molecule has 0 fully saturated rings. The number of amides is 2. The van der Waals surface area contributed by atoms with Gasteiger partial charge < -0.3 is 20.8 Å². The molecule has 2 aromatic rings. The number of aliphatic carboxylic acids is 2. The third-order valence-corrected chi connectivity index (χ3v) is 3.29. The van der Waals surface area contributed by atoms with Gasteiger partial charge in [0.2, 0.25) is 0 Å². The van der Waals surface area contributed by atoms with E-state index in [4.69, 9.17) is 10.2 Å². The molecule has 0 saturated carbocycles. The van der Waals surface area contributed by atoms with Crippen LogP contribution in [0.15, 0.2) is 49.1 Å². The van der Waals surface area contributed by atoms with Crippen LogP contribution in [0, 0.1) is 23.7 Å². The highest BCUT2D eigenvalue weighted by molar-refractivity contribution is 6.35. The molecule has 4 N–H and O–H groups in total. The molecule has 0 aliphatic heterocycles. The molecule has 0 aromatic carbocycles. The Bertz CT molecular complexity index is 949. The van der Waals surface area contributed by atoms with E-state index in [0.29, 0.717) is 0 Å². The van der Waals surface area contributed by atoms with Gasteiger partial charge in [0.15, 0.2) is 0 Å². The Hall–Kier alpha value is -4.70. The van der Waals surface area contributed by atoms with Crippen molar-refractivity contribution in [3.63, 3.8) is 0 Å². The summed E-state index contributed by atoms with van der Waals surface area (Å²) < 4.78 is 0. The maximum Gasteiger partial charge on any atom is 0.309 e. The van der Waals surface area contributed by atoms with E-state index in [1.165, 1.54) is 0 Å². The van der Waals surface area contributed by atoms with E-state index in [9.17, 15) is 19.2 Å². The van der Waals surface area contributed by atoms with Crippen LogP contribution in [0.3, 0.4) is 0 Å². The van der Waals surface area contributed by atoms with Crippen molar-refractivity contribution in [3.8, 4) is 23.7 Å². The zero-order valence-electron chi connectivity index (χ0n) is 16.9. The zero-order valence-corrected chi connectivity index (χ0v) is 16.9. The highest BCUT2D eigenvalue weighted by Gasteiger charge is 2.12. The normalized spacial score (nSPS) is 8.75. The topological polar surface area (TPSA) is 159 Å². The number of carboxylic acids is 2. The number of carboxylic acid groups (broad SMARTS) is 2. The highest BCUT2D eigenvalue weighted by atomic mass is 16.4. The maximum absolute atomic E-state index is 10.9. The lowest BCUT2D eigenvalue weighted by molar-refractivity contribution is -0.141. The van der Waals surface area contributed by atoms with Crippen LogP contribution in [0.1, 0.15) is 24.0 Å². The van der Waals surface area contributed by atoms with E-state index < -0.39 is 23.8 Å². The first-order chi connectivity index (χ1) is 15.4. The summed E-state index contributed by atoms with van der Waals surface area (Å²) in [5, 5.41) is 20.6. The van der Waals surface area contributed by atoms with Crippen molar-refractivity contribution in [2.75, 3.05) is 13.1 Å². The predicted molar refractivity (Wildman–Crippen MR) is 113 cm³/mol. The van der Waals surface area contributed by atoms with Crippen LogP contribution in [0.5, 0.6) is 0 Å². The van der Waals surface area contributed by atoms with Gasteiger partial charge in [-0.2, -0.15) is 0 Å². The first kappa shape index (κ1) is 25.3. The van der Waals surface area contributed by atoms with Crippen molar-refractivity contribution < 1.29 is 29.4 Å². The second kappa shape index (κ2) is 15.2. The number of pyridine rings is 2. The van der Waals surface area contributed by atoms with Crippen LogP contribution in [0.4, 0.5) is 0 Å². The standard InChI is InChI=1S/C14H8N2.C8H12N2O6/c1(3-13-5-9-15-10-6-13)2-4-14-7-11-16-12-8-14;11-5(12)1-3-9-7(15)8(16)10-4-2-6(13)14/h5-12H;1-4H2,(H,9,15)(H,10,16)(H,11,12)(H,13,14). The van der Waals surface area contributed by atoms with E-state index in [-0.39, 0.29) is 25.9 Å². The van der Waals surface area contributed by atoms with Gasteiger partial charge in [-0.3, -0.25) is 29.1 Å². The van der Waals surface area contributed by atoms with Gasteiger partial charge in [0.25, 0.3) is 0 Å². The Balaban J connectivity index is 0.000000320. The molecular weight excluding hydrogens is 416 g/mol. The number of rotatable bonds is 6. The summed E-state index contributed by atoms with van der Waals surface area (Å²) in [6.07, 6.45) is 6.27. The number of hydrogen-bond acceptors (Lipinski definition) is 6. The molecule has 0 unspecified atom stereocenters. The second-order valence-corrected chi connectivity index (χ2v) is 5.77. The van der Waals surface area contributed by atoms with Gasteiger partial charge in [0.05, 0.1) is 12.8 Å². The minimum absolute atomic E-state index is 0.152. The Kier molecular flexibility index (Phi) is 12.0. The molecule has 0 atom stereocenters. The van der Waals surface area contributed by atoms with Gasteiger partial charge in [-0.1, -0.05) is 11.8 Å². The van der Waals surface area contributed by atoms with E-state index in [1.54, 1.807) is 24.8 Å². The lowest BCUT2D eigenvalue weighted by atomic mass is 10.2. The van der Waals surface area contributed by atoms with Gasteiger partial charge in [-0.25, -0.2) is 0 Å². The predicted octanol–water partition coefficient (Wildman–Crippen LogP) is 0.0480. The summed E-state index contributed by atoms with van der Waals surface area (Å²) in [5.74, 6) is 7.31. The maximum atomic E-state index is 10.9. The first-order valence-electron chi connectivity index (χ1n) is 9.20. The molecule has 32 heavy (non-hydrogen) atoms. The molecule has 10 heteroatoms. The highest BCUT2D eigenvalue weighted by Crippen LogP contribution is 1.93. The van der Waals surface area contributed by atoms with Crippen LogP contribution in [0.2, 0.25) is 0 Å². The molecule has 0 saturated heterocycles. The summed E-state index contributed by atoms with van der Waals surface area (Å²) in [5.41, 5.74) is 1.83. The zero-order chi connectivity index (χ0) is 23.6. The molecule has 164 valence electrons. The molecule has 0 aliphatic rings. The Morgan fingerprint density at radius 2 is 1.03 bits per heavy atom. The first-order valence-corrected chi connectivity index (χ1v) is 9.20. The fourth-order valence-corrected chi connectivity index (χ4v) is 1.80. The van der Waals surface area contributed by atoms with Crippen LogP contribution in [-0.4, -0.2) is 57.0 Å². The molecule has 2 heterocycles. The fourth-order valence-electron chi connectivity index (χ4n) is 1.80. The number of hydrogen-bond donors (Lipinski definition) is 4. The van der Waals surface area contributed by atoms with Gasteiger partial charge in [0.1, 0.15) is 0 Å². The van der Waals surface area contributed by atoms with Gasteiger partial charge in [-0.15, -0.1) is 0 Å². The molecule has 0 radical (unpaired) electrons. The molecule has 10 nitrogen and oxygen atoms in total. The van der Waals surface area contributed by atoms with Crippen LogP contribution >= 0.6 is 0 Å². The smallest absolute Gasteiger partial charge is 0.309 e. The molecule has 2 amide bonds. The molecular formula is C22H20N4O6. The van der Waals surface area contributed by atoms with Crippen molar-refractivity contribution in [2.45, 2.75) is 12.8 Å². The van der Waals surface area contributed by atoms with Gasteiger partial charge in [0, 0.05) is 49.0 Å². The second-order valence-electron chi connectivity index (χ2n) is 5.77. The lowest BCUT2D eigenvalue weighted by Crippen LogP contribution is -2.41. The molecule has 2 aromatic heterocycles. The third kappa shape index (κ3) is 12.7. The minimum atomic E-state index is -1.09. The van der Waals surface area contributed by atoms with Crippen LogP contribution in [-0.2, 0) is 19.2 Å². The van der Waals surface area contributed by atoms with Crippen molar-refractivity contribution in [1.29, 1.82) is 0 Å². The summed E-state index contributed by atoms with van der Waals surface area (Å²) in [6.45, 7) is -0.305. The lowest BCUT2D eigenvalue weighted by Gasteiger charge is -2.03. The fraction of sp³-hybridized carbons (Fsp3) is 0.182. The van der Waals surface area contributed by atoms with Crippen LogP contribution in [0.25, 0.3) is 0 Å². The number of aromatic nitrogens is 2. The number of carbonyl (C=O) groups excluding carboxylic acids is 2. The largest absolute Gasteiger partial charge is 0.481 e. The van der Waals surface area contributed by atoms with E-state index >= 15 is 0 Å². The quantitative estimate of drug-likeness (QED) is 0.365. The minimum Gasteiger partial charge on any atom is -0.481 e. The number of nitrogens with one attached hydrogen (secondary N) is 2. The summed E-state index contributed by atoms with van der Waals surface area (Å²) in [4.78, 5) is 49.9. The Morgan fingerprint density at radius 1 is 0.688 bits per heavy atom. The van der Waals surface area contributed by atoms with Crippen molar-refractivity contribution in [3.05, 3.63) is 60.2 Å². The van der Waals surface area contributed by atoms with Gasteiger partial charge >= 0.3 is 23.8 Å².